The Bertz CT molecular complexity index is 1240. The number of anilines is 1. The minimum atomic E-state index is -0.0651. The fourth-order valence-corrected chi connectivity index (χ4v) is 4.47. The molecule has 0 saturated carbocycles. The highest BCUT2D eigenvalue weighted by Gasteiger charge is 2.41. The number of H-pyrrole nitrogens is 1. The molecule has 2 N–H and O–H groups in total. The molecule has 1 saturated heterocycles. The zero-order chi connectivity index (χ0) is 22.1. The van der Waals surface area contributed by atoms with Crippen molar-refractivity contribution in [1.29, 1.82) is 0 Å². The maximum absolute atomic E-state index is 6.08. The Kier molecular flexibility index (Phi) is 5.37. The lowest BCUT2D eigenvalue weighted by atomic mass is 10.0. The summed E-state index contributed by atoms with van der Waals surface area (Å²) in [4.78, 5) is 10.2. The van der Waals surface area contributed by atoms with Crippen molar-refractivity contribution in [2.24, 2.45) is 0 Å². The molecule has 0 amide bonds. The van der Waals surface area contributed by atoms with Gasteiger partial charge in [0.25, 0.3) is 0 Å². The molecule has 1 aliphatic rings. The molecule has 2 atom stereocenters. The predicted molar refractivity (Wildman–Crippen MR) is 131 cm³/mol. The van der Waals surface area contributed by atoms with E-state index >= 15 is 0 Å². The van der Waals surface area contributed by atoms with E-state index in [-0.39, 0.29) is 12.1 Å². The van der Waals surface area contributed by atoms with Crippen molar-refractivity contribution in [3.8, 4) is 11.5 Å². The number of pyridine rings is 1. The van der Waals surface area contributed by atoms with Gasteiger partial charge in [0.2, 0.25) is 0 Å². The molecular weight excluding hydrogens is 416 g/mol. The van der Waals surface area contributed by atoms with Gasteiger partial charge in [0, 0.05) is 23.3 Å². The molecule has 2 aromatic carbocycles. The lowest BCUT2D eigenvalue weighted by Gasteiger charge is -2.27. The third-order valence-electron chi connectivity index (χ3n) is 5.71. The lowest BCUT2D eigenvalue weighted by Crippen LogP contribution is -2.29. The standard InChI is InChI=1S/C26H24N4OS/c1-17-7-3-4-9-23(17)31-20-13-11-19(12-14-20)30-25(22-15-10-18(2)28-22)24(29-26(30)32)21-8-5-6-16-27-21/h3-16,24-25,28H,1-2H3,(H,29,32)/t24-,25-/m1/s1. The maximum Gasteiger partial charge on any atom is 0.174 e. The highest BCUT2D eigenvalue weighted by atomic mass is 32.1. The van der Waals surface area contributed by atoms with Crippen LogP contribution in [0.4, 0.5) is 5.69 Å². The van der Waals surface area contributed by atoms with E-state index in [0.717, 1.165) is 39.8 Å². The number of aromatic nitrogens is 2. The van der Waals surface area contributed by atoms with Crippen molar-refractivity contribution in [3.05, 3.63) is 108 Å². The van der Waals surface area contributed by atoms with Crippen LogP contribution in [0.1, 0.15) is 34.7 Å². The van der Waals surface area contributed by atoms with E-state index in [2.05, 4.69) is 39.2 Å². The summed E-state index contributed by atoms with van der Waals surface area (Å²) in [6, 6.07) is 26.1. The van der Waals surface area contributed by atoms with Gasteiger partial charge in [-0.15, -0.1) is 0 Å². The molecule has 0 radical (unpaired) electrons. The average Bonchev–Trinajstić information content (AvgIpc) is 3.39. The van der Waals surface area contributed by atoms with Gasteiger partial charge in [-0.05, 0) is 86.2 Å². The van der Waals surface area contributed by atoms with Crippen LogP contribution in [0.3, 0.4) is 0 Å². The van der Waals surface area contributed by atoms with Gasteiger partial charge in [-0.25, -0.2) is 0 Å². The Morgan fingerprint density at radius 2 is 1.69 bits per heavy atom. The van der Waals surface area contributed by atoms with Crippen LogP contribution in [0.5, 0.6) is 11.5 Å². The molecule has 2 aromatic heterocycles. The van der Waals surface area contributed by atoms with Crippen LogP contribution in [0.25, 0.3) is 0 Å². The van der Waals surface area contributed by atoms with Crippen molar-refractivity contribution in [1.82, 2.24) is 15.3 Å². The van der Waals surface area contributed by atoms with E-state index in [1.54, 1.807) is 0 Å². The van der Waals surface area contributed by atoms with Gasteiger partial charge in [0.1, 0.15) is 17.5 Å². The summed E-state index contributed by atoms with van der Waals surface area (Å²) in [6.07, 6.45) is 1.82. The number of para-hydroxylation sites is 1. The Balaban J connectivity index is 1.48. The van der Waals surface area contributed by atoms with Gasteiger partial charge in [-0.1, -0.05) is 24.3 Å². The van der Waals surface area contributed by atoms with Gasteiger partial charge in [0.15, 0.2) is 5.11 Å². The van der Waals surface area contributed by atoms with E-state index in [0.29, 0.717) is 5.11 Å². The summed E-state index contributed by atoms with van der Waals surface area (Å²) < 4.78 is 6.08. The fraction of sp³-hybridized carbons (Fsp3) is 0.154. The second kappa shape index (κ2) is 8.48. The molecule has 3 heterocycles. The number of aromatic amines is 1. The van der Waals surface area contributed by atoms with Gasteiger partial charge >= 0.3 is 0 Å². The van der Waals surface area contributed by atoms with E-state index in [1.807, 2.05) is 79.9 Å². The fourth-order valence-electron chi connectivity index (χ4n) is 4.12. The quantitative estimate of drug-likeness (QED) is 0.373. The average molecular weight is 441 g/mol. The van der Waals surface area contributed by atoms with Gasteiger partial charge < -0.3 is 19.9 Å². The number of rotatable bonds is 5. The molecule has 5 nitrogen and oxygen atoms in total. The molecule has 6 heteroatoms. The van der Waals surface area contributed by atoms with Crippen LogP contribution in [-0.2, 0) is 0 Å². The molecule has 1 fully saturated rings. The number of hydrogen-bond donors (Lipinski definition) is 2. The minimum absolute atomic E-state index is 0.0470. The number of thiocarbonyl (C=S) groups is 1. The molecule has 32 heavy (non-hydrogen) atoms. The first-order chi connectivity index (χ1) is 15.6. The third-order valence-corrected chi connectivity index (χ3v) is 6.02. The molecular formula is C26H24N4OS. The summed E-state index contributed by atoms with van der Waals surface area (Å²) in [7, 11) is 0. The Morgan fingerprint density at radius 1 is 0.906 bits per heavy atom. The summed E-state index contributed by atoms with van der Waals surface area (Å²) in [6.45, 7) is 4.10. The van der Waals surface area contributed by atoms with E-state index in [9.17, 15) is 0 Å². The summed E-state index contributed by atoms with van der Waals surface area (Å²) in [5.74, 6) is 1.64. The first-order valence-electron chi connectivity index (χ1n) is 10.6. The van der Waals surface area contributed by atoms with Gasteiger partial charge in [-0.2, -0.15) is 0 Å². The van der Waals surface area contributed by atoms with E-state index in [1.165, 1.54) is 0 Å². The minimum Gasteiger partial charge on any atom is -0.457 e. The number of ether oxygens (including phenoxy) is 1. The molecule has 0 unspecified atom stereocenters. The number of nitrogens with one attached hydrogen (secondary N) is 2. The second-order valence-corrected chi connectivity index (χ2v) is 8.34. The van der Waals surface area contributed by atoms with Gasteiger partial charge in [-0.3, -0.25) is 4.98 Å². The first kappa shape index (κ1) is 20.3. The Morgan fingerprint density at radius 3 is 2.38 bits per heavy atom. The summed E-state index contributed by atoms with van der Waals surface area (Å²) >= 11 is 5.78. The maximum atomic E-state index is 6.08. The molecule has 0 aliphatic carbocycles. The summed E-state index contributed by atoms with van der Waals surface area (Å²) in [5, 5.41) is 4.15. The first-order valence-corrected chi connectivity index (χ1v) is 11.0. The topological polar surface area (TPSA) is 53.2 Å². The van der Waals surface area contributed by atoms with Crippen LogP contribution in [0.15, 0.2) is 85.1 Å². The van der Waals surface area contributed by atoms with Crippen molar-refractivity contribution in [3.63, 3.8) is 0 Å². The molecule has 160 valence electrons. The molecule has 4 aromatic rings. The molecule has 5 rings (SSSR count). The highest BCUT2D eigenvalue weighted by Crippen LogP contribution is 2.41. The zero-order valence-electron chi connectivity index (χ0n) is 17.9. The van der Waals surface area contributed by atoms with Crippen LogP contribution in [0.2, 0.25) is 0 Å². The Labute approximate surface area is 193 Å². The molecule has 0 bridgehead atoms. The predicted octanol–water partition coefficient (Wildman–Crippen LogP) is 6.00. The SMILES string of the molecule is Cc1ccc([C@@H]2[C@@H](c3ccccn3)NC(=S)N2c2ccc(Oc3ccccc3C)cc2)[nH]1. The Hall–Kier alpha value is -3.64. The monoisotopic (exact) mass is 440 g/mol. The zero-order valence-corrected chi connectivity index (χ0v) is 18.8. The number of benzene rings is 2. The van der Waals surface area contributed by atoms with Crippen LogP contribution >= 0.6 is 12.2 Å². The van der Waals surface area contributed by atoms with Crippen LogP contribution < -0.4 is 15.0 Å². The molecule has 0 spiro atoms. The van der Waals surface area contributed by atoms with E-state index in [4.69, 9.17) is 17.0 Å². The third kappa shape index (κ3) is 3.85. The van der Waals surface area contributed by atoms with E-state index < -0.39 is 0 Å². The summed E-state index contributed by atoms with van der Waals surface area (Å²) in [5.41, 5.74) is 5.25. The second-order valence-electron chi connectivity index (χ2n) is 7.95. The normalized spacial score (nSPS) is 17.9. The lowest BCUT2D eigenvalue weighted by molar-refractivity contribution is 0.479. The van der Waals surface area contributed by atoms with Crippen molar-refractivity contribution in [2.75, 3.05) is 4.90 Å². The number of nitrogens with zero attached hydrogens (tertiary/aromatic N) is 2. The van der Waals surface area contributed by atoms with Crippen LogP contribution in [-0.4, -0.2) is 15.1 Å². The number of aryl methyl sites for hydroxylation is 2. The highest BCUT2D eigenvalue weighted by molar-refractivity contribution is 7.80. The number of hydrogen-bond acceptors (Lipinski definition) is 3. The van der Waals surface area contributed by atoms with Gasteiger partial charge in [0.05, 0.1) is 11.7 Å². The smallest absolute Gasteiger partial charge is 0.174 e. The largest absolute Gasteiger partial charge is 0.457 e. The van der Waals surface area contributed by atoms with Crippen LogP contribution in [0, 0.1) is 13.8 Å². The molecule has 1 aliphatic heterocycles. The van der Waals surface area contributed by atoms with Crippen molar-refractivity contribution in [2.45, 2.75) is 25.9 Å². The van der Waals surface area contributed by atoms with Crippen molar-refractivity contribution >= 4 is 23.0 Å². The van der Waals surface area contributed by atoms with Crippen molar-refractivity contribution < 1.29 is 4.74 Å².